The molecule has 0 unspecified atom stereocenters. The molecule has 4 nitrogen and oxygen atoms in total. The number of hydrogen-bond acceptors (Lipinski definition) is 2. The van der Waals surface area contributed by atoms with Crippen LogP contribution in [-0.2, 0) is 29.0 Å². The topological polar surface area (TPSA) is 49.4 Å². The highest BCUT2D eigenvalue weighted by molar-refractivity contribution is 5.88. The van der Waals surface area contributed by atoms with Crippen LogP contribution in [0.3, 0.4) is 0 Å². The van der Waals surface area contributed by atoms with E-state index in [-0.39, 0.29) is 11.8 Å². The standard InChI is InChI=1S/C32H40N2O2/c1-24(2)22-33-32(36)30(21-27-11-7-5-8-12-27)34(23-28-13-9-6-10-14-28)31(35)20-17-26-15-18-29(19-16-26)25(3)4/h5-16,18-19,24-25,30H,17,20-23H2,1-4H3,(H,33,36)/t30-/m0/s1. The van der Waals surface area contributed by atoms with Crippen molar-refractivity contribution in [3.63, 3.8) is 0 Å². The van der Waals surface area contributed by atoms with E-state index in [9.17, 15) is 9.59 Å². The molecule has 0 aliphatic rings. The van der Waals surface area contributed by atoms with E-state index in [4.69, 9.17) is 0 Å². The van der Waals surface area contributed by atoms with Crippen LogP contribution < -0.4 is 5.32 Å². The van der Waals surface area contributed by atoms with Gasteiger partial charge in [-0.25, -0.2) is 0 Å². The Labute approximate surface area is 216 Å². The maximum absolute atomic E-state index is 13.7. The molecule has 0 bridgehead atoms. The second-order valence-electron chi connectivity index (χ2n) is 10.2. The molecule has 0 radical (unpaired) electrons. The third-order valence-corrected chi connectivity index (χ3v) is 6.43. The van der Waals surface area contributed by atoms with Crippen molar-refractivity contribution in [2.75, 3.05) is 6.54 Å². The molecular formula is C32H40N2O2. The van der Waals surface area contributed by atoms with Gasteiger partial charge in [0, 0.05) is 25.9 Å². The molecule has 0 heterocycles. The van der Waals surface area contributed by atoms with Crippen LogP contribution in [0.15, 0.2) is 84.9 Å². The van der Waals surface area contributed by atoms with Crippen LogP contribution in [0.4, 0.5) is 0 Å². The molecule has 36 heavy (non-hydrogen) atoms. The van der Waals surface area contributed by atoms with Gasteiger partial charge in [0.1, 0.15) is 6.04 Å². The summed E-state index contributed by atoms with van der Waals surface area (Å²) in [6.07, 6.45) is 1.48. The Morgan fingerprint density at radius 3 is 1.89 bits per heavy atom. The lowest BCUT2D eigenvalue weighted by Crippen LogP contribution is -2.51. The molecule has 1 atom stereocenters. The molecule has 0 aromatic heterocycles. The maximum atomic E-state index is 13.7. The summed E-state index contributed by atoms with van der Waals surface area (Å²) in [5.41, 5.74) is 4.48. The highest BCUT2D eigenvalue weighted by Crippen LogP contribution is 2.19. The van der Waals surface area contributed by atoms with Crippen molar-refractivity contribution in [3.05, 3.63) is 107 Å². The van der Waals surface area contributed by atoms with Gasteiger partial charge in [0.05, 0.1) is 0 Å². The number of benzene rings is 3. The second kappa shape index (κ2) is 13.6. The van der Waals surface area contributed by atoms with E-state index >= 15 is 0 Å². The lowest BCUT2D eigenvalue weighted by molar-refractivity contribution is -0.141. The van der Waals surface area contributed by atoms with Gasteiger partial charge in [-0.15, -0.1) is 0 Å². The van der Waals surface area contributed by atoms with Gasteiger partial charge in [-0.1, -0.05) is 113 Å². The Morgan fingerprint density at radius 1 is 0.750 bits per heavy atom. The zero-order valence-electron chi connectivity index (χ0n) is 22.1. The molecule has 0 fully saturated rings. The van der Waals surface area contributed by atoms with Crippen LogP contribution in [0, 0.1) is 5.92 Å². The fraction of sp³-hybridized carbons (Fsp3) is 0.375. The average Bonchev–Trinajstić information content (AvgIpc) is 2.89. The lowest BCUT2D eigenvalue weighted by Gasteiger charge is -2.32. The Bertz CT molecular complexity index is 1080. The predicted octanol–water partition coefficient (Wildman–Crippen LogP) is 6.15. The van der Waals surface area contributed by atoms with E-state index in [1.165, 1.54) is 5.56 Å². The van der Waals surface area contributed by atoms with Crippen molar-refractivity contribution < 1.29 is 9.59 Å². The van der Waals surface area contributed by atoms with Crippen molar-refractivity contribution in [2.24, 2.45) is 5.92 Å². The highest BCUT2D eigenvalue weighted by atomic mass is 16.2. The largest absolute Gasteiger partial charge is 0.354 e. The minimum Gasteiger partial charge on any atom is -0.354 e. The van der Waals surface area contributed by atoms with Gasteiger partial charge < -0.3 is 10.2 Å². The zero-order valence-corrected chi connectivity index (χ0v) is 22.1. The molecule has 0 saturated carbocycles. The van der Waals surface area contributed by atoms with E-state index < -0.39 is 6.04 Å². The van der Waals surface area contributed by atoms with Crippen LogP contribution in [0.25, 0.3) is 0 Å². The normalized spacial score (nSPS) is 11.9. The summed E-state index contributed by atoms with van der Waals surface area (Å²) < 4.78 is 0. The molecule has 0 aliphatic heterocycles. The van der Waals surface area contributed by atoms with Crippen molar-refractivity contribution in [1.82, 2.24) is 10.2 Å². The van der Waals surface area contributed by atoms with Crippen LogP contribution >= 0.6 is 0 Å². The number of amides is 2. The van der Waals surface area contributed by atoms with E-state index in [1.54, 1.807) is 4.90 Å². The van der Waals surface area contributed by atoms with Crippen molar-refractivity contribution in [2.45, 2.75) is 65.5 Å². The van der Waals surface area contributed by atoms with Crippen molar-refractivity contribution in [1.29, 1.82) is 0 Å². The Balaban J connectivity index is 1.84. The number of carbonyl (C=O) groups excluding carboxylic acids is 2. The summed E-state index contributed by atoms with van der Waals surface area (Å²) in [6, 6.07) is 27.8. The fourth-order valence-electron chi connectivity index (χ4n) is 4.22. The van der Waals surface area contributed by atoms with E-state index in [1.807, 2.05) is 60.7 Å². The number of nitrogens with zero attached hydrogens (tertiary/aromatic N) is 1. The zero-order chi connectivity index (χ0) is 25.9. The van der Waals surface area contributed by atoms with Crippen molar-refractivity contribution >= 4 is 11.8 Å². The fourth-order valence-corrected chi connectivity index (χ4v) is 4.22. The first-order chi connectivity index (χ1) is 17.3. The van der Waals surface area contributed by atoms with Crippen LogP contribution in [0.2, 0.25) is 0 Å². The molecule has 0 spiro atoms. The highest BCUT2D eigenvalue weighted by Gasteiger charge is 2.30. The number of carbonyl (C=O) groups is 2. The summed E-state index contributed by atoms with van der Waals surface area (Å²) in [4.78, 5) is 29.0. The SMILES string of the molecule is CC(C)CNC(=O)[C@H](Cc1ccccc1)N(Cc1ccccc1)C(=O)CCc1ccc(C(C)C)cc1. The lowest BCUT2D eigenvalue weighted by atomic mass is 9.99. The van der Waals surface area contributed by atoms with Crippen molar-refractivity contribution in [3.8, 4) is 0 Å². The summed E-state index contributed by atoms with van der Waals surface area (Å²) >= 11 is 0. The molecule has 0 aliphatic carbocycles. The first-order valence-corrected chi connectivity index (χ1v) is 13.1. The number of rotatable bonds is 12. The molecule has 4 heteroatoms. The van der Waals surface area contributed by atoms with Gasteiger partial charge in [-0.3, -0.25) is 9.59 Å². The molecule has 3 aromatic carbocycles. The van der Waals surface area contributed by atoms with Gasteiger partial charge >= 0.3 is 0 Å². The van der Waals surface area contributed by atoms with E-state index in [0.717, 1.165) is 16.7 Å². The third-order valence-electron chi connectivity index (χ3n) is 6.43. The maximum Gasteiger partial charge on any atom is 0.243 e. The third kappa shape index (κ3) is 8.37. The minimum atomic E-state index is -0.581. The molecule has 3 rings (SSSR count). The summed E-state index contributed by atoms with van der Waals surface area (Å²) in [6.45, 7) is 9.49. The average molecular weight is 485 g/mol. The van der Waals surface area contributed by atoms with Gasteiger partial charge in [-0.05, 0) is 40.5 Å². The Hall–Kier alpha value is -3.40. The minimum absolute atomic E-state index is 0.00702. The van der Waals surface area contributed by atoms with Gasteiger partial charge in [-0.2, -0.15) is 0 Å². The number of nitrogens with one attached hydrogen (secondary N) is 1. The molecule has 3 aromatic rings. The molecule has 2 amide bonds. The molecular weight excluding hydrogens is 444 g/mol. The Morgan fingerprint density at radius 2 is 1.33 bits per heavy atom. The summed E-state index contributed by atoms with van der Waals surface area (Å²) in [5.74, 6) is 0.703. The van der Waals surface area contributed by atoms with Crippen LogP contribution in [0.5, 0.6) is 0 Å². The first-order valence-electron chi connectivity index (χ1n) is 13.1. The van der Waals surface area contributed by atoms with Gasteiger partial charge in [0.2, 0.25) is 11.8 Å². The monoisotopic (exact) mass is 484 g/mol. The number of aryl methyl sites for hydroxylation is 1. The summed E-state index contributed by atoms with van der Waals surface area (Å²) in [5, 5.41) is 3.08. The quantitative estimate of drug-likeness (QED) is 0.335. The predicted molar refractivity (Wildman–Crippen MR) is 148 cm³/mol. The van der Waals surface area contributed by atoms with Crippen LogP contribution in [0.1, 0.15) is 62.3 Å². The van der Waals surface area contributed by atoms with Gasteiger partial charge in [0.15, 0.2) is 0 Å². The summed E-state index contributed by atoms with van der Waals surface area (Å²) in [7, 11) is 0. The molecule has 190 valence electrons. The van der Waals surface area contributed by atoms with E-state index in [0.29, 0.717) is 44.2 Å². The second-order valence-corrected chi connectivity index (χ2v) is 10.2. The van der Waals surface area contributed by atoms with Crippen LogP contribution in [-0.4, -0.2) is 29.3 Å². The Kier molecular flexibility index (Phi) is 10.3. The van der Waals surface area contributed by atoms with E-state index in [2.05, 4.69) is 57.3 Å². The number of hydrogen-bond donors (Lipinski definition) is 1. The molecule has 1 N–H and O–H groups in total. The van der Waals surface area contributed by atoms with Gasteiger partial charge in [0.25, 0.3) is 0 Å². The smallest absolute Gasteiger partial charge is 0.243 e. The molecule has 0 saturated heterocycles. The first kappa shape index (κ1) is 27.2.